The molecule has 4 aromatic carbocycles. The van der Waals surface area contributed by atoms with Crippen LogP contribution in [0.4, 0.5) is 0 Å². The molecule has 0 atom stereocenters. The maximum absolute atomic E-state index is 11.4. The topological polar surface area (TPSA) is 80.9 Å². The summed E-state index contributed by atoms with van der Waals surface area (Å²) in [6.07, 6.45) is 0. The first-order valence-electron chi connectivity index (χ1n) is 11.0. The second kappa shape index (κ2) is 7.63. The molecule has 0 fully saturated rings. The summed E-state index contributed by atoms with van der Waals surface area (Å²) < 4.78 is 0. The van der Waals surface area contributed by atoms with E-state index in [-0.39, 0.29) is 34.8 Å². The number of aromatic hydroxyl groups is 4. The molecule has 0 aliphatic carbocycles. The predicted octanol–water partition coefficient (Wildman–Crippen LogP) is 7.35. The van der Waals surface area contributed by atoms with Crippen molar-refractivity contribution in [3.8, 4) is 34.1 Å². The van der Waals surface area contributed by atoms with Crippen LogP contribution in [-0.2, 0) is 0 Å². The lowest BCUT2D eigenvalue weighted by Crippen LogP contribution is -1.96. The highest BCUT2D eigenvalue weighted by Gasteiger charge is 2.23. The van der Waals surface area contributed by atoms with Gasteiger partial charge < -0.3 is 20.4 Å². The lowest BCUT2D eigenvalue weighted by molar-refractivity contribution is 0.468. The molecule has 0 aromatic heterocycles. The standard InChI is InChI=1S/C28H30O4/c1-13(2)19-9-17(29)11-23-21(19)7-15(5)25(27(23)31)26-16(6)8-22-20(14(3)4)10-18(30)12-24(22)28(26)32/h7-14,29-32H,1-6H3. The van der Waals surface area contributed by atoms with E-state index in [1.807, 2.05) is 53.7 Å². The lowest BCUT2D eigenvalue weighted by Gasteiger charge is -2.20. The summed E-state index contributed by atoms with van der Waals surface area (Å²) in [6.45, 7) is 12.0. The zero-order valence-electron chi connectivity index (χ0n) is 19.4. The molecule has 0 saturated carbocycles. The molecule has 0 heterocycles. The number of rotatable bonds is 3. The van der Waals surface area contributed by atoms with Crippen LogP contribution in [0.1, 0.15) is 61.8 Å². The Morgan fingerprint density at radius 3 is 1.16 bits per heavy atom. The van der Waals surface area contributed by atoms with Crippen LogP contribution < -0.4 is 0 Å². The molecule has 0 amide bonds. The summed E-state index contributed by atoms with van der Waals surface area (Å²) in [5.74, 6) is 0.582. The summed E-state index contributed by atoms with van der Waals surface area (Å²) in [6, 6.07) is 10.6. The number of hydrogen-bond donors (Lipinski definition) is 4. The molecule has 0 aliphatic rings. The van der Waals surface area contributed by atoms with Crippen LogP contribution in [-0.4, -0.2) is 20.4 Å². The first-order chi connectivity index (χ1) is 15.0. The molecule has 0 bridgehead atoms. The summed E-state index contributed by atoms with van der Waals surface area (Å²) in [7, 11) is 0. The highest BCUT2D eigenvalue weighted by atomic mass is 16.3. The molecule has 32 heavy (non-hydrogen) atoms. The van der Waals surface area contributed by atoms with Crippen LogP contribution in [0.3, 0.4) is 0 Å². The Kier molecular flexibility index (Phi) is 5.20. The van der Waals surface area contributed by atoms with Gasteiger partial charge in [0, 0.05) is 21.9 Å². The molecule has 0 radical (unpaired) electrons. The Balaban J connectivity index is 2.12. The predicted molar refractivity (Wildman–Crippen MR) is 131 cm³/mol. The van der Waals surface area contributed by atoms with Gasteiger partial charge in [-0.3, -0.25) is 0 Å². The Labute approximate surface area is 188 Å². The van der Waals surface area contributed by atoms with Crippen molar-refractivity contribution in [1.82, 2.24) is 0 Å². The van der Waals surface area contributed by atoms with Crippen molar-refractivity contribution in [1.29, 1.82) is 0 Å². The highest BCUT2D eigenvalue weighted by Crippen LogP contribution is 2.49. The fourth-order valence-electron chi connectivity index (χ4n) is 4.84. The zero-order chi connectivity index (χ0) is 23.5. The van der Waals surface area contributed by atoms with E-state index in [1.165, 1.54) is 0 Å². The largest absolute Gasteiger partial charge is 0.508 e. The number of phenols is 4. The van der Waals surface area contributed by atoms with Gasteiger partial charge >= 0.3 is 0 Å². The van der Waals surface area contributed by atoms with E-state index in [1.54, 1.807) is 24.3 Å². The average Bonchev–Trinajstić information content (AvgIpc) is 2.70. The summed E-state index contributed by atoms with van der Waals surface area (Å²) in [5, 5.41) is 46.2. The minimum atomic E-state index is 0.0276. The third-order valence-electron chi connectivity index (χ3n) is 6.38. The molecule has 4 rings (SSSR count). The Hall–Kier alpha value is -3.40. The normalized spacial score (nSPS) is 11.9. The molecule has 0 spiro atoms. The fraction of sp³-hybridized carbons (Fsp3) is 0.286. The second-order valence-electron chi connectivity index (χ2n) is 9.40. The lowest BCUT2D eigenvalue weighted by atomic mass is 9.85. The van der Waals surface area contributed by atoms with Gasteiger partial charge in [-0.25, -0.2) is 0 Å². The van der Waals surface area contributed by atoms with Crippen molar-refractivity contribution in [3.63, 3.8) is 0 Å². The maximum atomic E-state index is 11.4. The van der Waals surface area contributed by atoms with Gasteiger partial charge in [0.1, 0.15) is 23.0 Å². The number of phenolic OH excluding ortho intramolecular Hbond substituents is 4. The van der Waals surface area contributed by atoms with Gasteiger partial charge in [0.2, 0.25) is 0 Å². The first-order valence-corrected chi connectivity index (χ1v) is 11.0. The van der Waals surface area contributed by atoms with Crippen molar-refractivity contribution < 1.29 is 20.4 Å². The molecule has 4 N–H and O–H groups in total. The smallest absolute Gasteiger partial charge is 0.131 e. The second-order valence-corrected chi connectivity index (χ2v) is 9.40. The number of benzene rings is 4. The molecule has 0 unspecified atom stereocenters. The summed E-state index contributed by atoms with van der Waals surface area (Å²) >= 11 is 0. The fourth-order valence-corrected chi connectivity index (χ4v) is 4.84. The van der Waals surface area contributed by atoms with Crippen LogP contribution in [0.25, 0.3) is 32.7 Å². The van der Waals surface area contributed by atoms with Crippen molar-refractivity contribution in [3.05, 3.63) is 58.7 Å². The van der Waals surface area contributed by atoms with Gasteiger partial charge in [-0.1, -0.05) is 39.8 Å². The van der Waals surface area contributed by atoms with E-state index in [0.717, 1.165) is 33.0 Å². The molecular formula is C28H30O4. The highest BCUT2D eigenvalue weighted by molar-refractivity contribution is 6.04. The maximum Gasteiger partial charge on any atom is 0.131 e. The van der Waals surface area contributed by atoms with E-state index in [9.17, 15) is 20.4 Å². The van der Waals surface area contributed by atoms with Gasteiger partial charge in [0.15, 0.2) is 0 Å². The molecule has 4 nitrogen and oxygen atoms in total. The molecule has 166 valence electrons. The van der Waals surface area contributed by atoms with E-state index in [0.29, 0.717) is 21.9 Å². The Morgan fingerprint density at radius 2 is 0.844 bits per heavy atom. The number of hydrogen-bond acceptors (Lipinski definition) is 4. The average molecular weight is 431 g/mol. The van der Waals surface area contributed by atoms with Crippen molar-refractivity contribution >= 4 is 21.5 Å². The van der Waals surface area contributed by atoms with Gasteiger partial charge in [0.25, 0.3) is 0 Å². The Morgan fingerprint density at radius 1 is 0.500 bits per heavy atom. The van der Waals surface area contributed by atoms with Crippen LogP contribution in [0.15, 0.2) is 36.4 Å². The van der Waals surface area contributed by atoms with Crippen molar-refractivity contribution in [2.45, 2.75) is 53.4 Å². The van der Waals surface area contributed by atoms with Gasteiger partial charge in [-0.05, 0) is 83.0 Å². The number of aryl methyl sites for hydroxylation is 2. The van der Waals surface area contributed by atoms with Crippen LogP contribution >= 0.6 is 0 Å². The minimum absolute atomic E-state index is 0.0276. The molecule has 0 saturated heterocycles. The van der Waals surface area contributed by atoms with E-state index >= 15 is 0 Å². The van der Waals surface area contributed by atoms with Crippen molar-refractivity contribution in [2.75, 3.05) is 0 Å². The third kappa shape index (κ3) is 3.31. The molecule has 0 aliphatic heterocycles. The number of fused-ring (bicyclic) bond motifs is 2. The van der Waals surface area contributed by atoms with Crippen molar-refractivity contribution in [2.24, 2.45) is 0 Å². The SMILES string of the molecule is Cc1cc2c(C(C)C)cc(O)cc2c(O)c1-c1c(C)cc2c(C(C)C)cc(O)cc2c1O. The minimum Gasteiger partial charge on any atom is -0.508 e. The first kappa shape index (κ1) is 21.8. The zero-order valence-corrected chi connectivity index (χ0v) is 19.4. The monoisotopic (exact) mass is 430 g/mol. The van der Waals surface area contributed by atoms with E-state index in [2.05, 4.69) is 0 Å². The molecule has 4 heteroatoms. The Bertz CT molecular complexity index is 1270. The quantitative estimate of drug-likeness (QED) is 0.274. The van der Waals surface area contributed by atoms with Gasteiger partial charge in [0.05, 0.1) is 0 Å². The molecular weight excluding hydrogens is 400 g/mol. The van der Waals surface area contributed by atoms with Crippen LogP contribution in [0.2, 0.25) is 0 Å². The summed E-state index contributed by atoms with van der Waals surface area (Å²) in [5.41, 5.74) is 4.62. The molecule has 4 aromatic rings. The van der Waals surface area contributed by atoms with E-state index < -0.39 is 0 Å². The van der Waals surface area contributed by atoms with Crippen LogP contribution in [0.5, 0.6) is 23.0 Å². The van der Waals surface area contributed by atoms with Gasteiger partial charge in [-0.2, -0.15) is 0 Å². The van der Waals surface area contributed by atoms with Gasteiger partial charge in [-0.15, -0.1) is 0 Å². The third-order valence-corrected chi connectivity index (χ3v) is 6.38. The van der Waals surface area contributed by atoms with Crippen LogP contribution in [0, 0.1) is 13.8 Å². The summed E-state index contributed by atoms with van der Waals surface area (Å²) in [4.78, 5) is 0. The van der Waals surface area contributed by atoms with E-state index in [4.69, 9.17) is 0 Å².